The minimum absolute atomic E-state index is 0.870. The fourth-order valence-corrected chi connectivity index (χ4v) is 4.57. The van der Waals surface area contributed by atoms with Crippen LogP contribution in [0.1, 0.15) is 149 Å². The van der Waals surface area contributed by atoms with Crippen molar-refractivity contribution < 1.29 is 4.57 Å². The molecule has 0 saturated heterocycles. The molecule has 0 atom stereocenters. The van der Waals surface area contributed by atoms with Crippen molar-refractivity contribution in [3.8, 4) is 0 Å². The summed E-state index contributed by atoms with van der Waals surface area (Å²) < 4.78 is 4.78. The summed E-state index contributed by atoms with van der Waals surface area (Å²) in [7, 11) is 0. The largest absolute Gasteiger partial charge is 0.243 e. The molecule has 0 aliphatic carbocycles. The first-order valence-electron chi connectivity index (χ1n) is 14.3. The van der Waals surface area contributed by atoms with Gasteiger partial charge in [0.2, 0.25) is 6.33 Å². The molecule has 31 heavy (non-hydrogen) atoms. The zero-order valence-corrected chi connectivity index (χ0v) is 21.8. The Hall–Kier alpha value is -0.790. The first kappa shape index (κ1) is 28.2. The van der Waals surface area contributed by atoms with E-state index < -0.39 is 0 Å². The molecule has 0 radical (unpaired) electrons. The van der Waals surface area contributed by atoms with E-state index in [0.29, 0.717) is 0 Å². The van der Waals surface area contributed by atoms with Crippen molar-refractivity contribution in [1.82, 2.24) is 4.57 Å². The van der Waals surface area contributed by atoms with Crippen LogP contribution in [0, 0.1) is 5.92 Å². The highest BCUT2D eigenvalue weighted by atomic mass is 15.1. The van der Waals surface area contributed by atoms with Crippen LogP contribution in [0.3, 0.4) is 0 Å². The summed E-state index contributed by atoms with van der Waals surface area (Å²) in [6.45, 7) is 9.35. The first-order valence-corrected chi connectivity index (χ1v) is 14.3. The predicted octanol–water partition coefficient (Wildman–Crippen LogP) is 9.25. The van der Waals surface area contributed by atoms with Crippen molar-refractivity contribution >= 4 is 0 Å². The molecule has 0 aliphatic heterocycles. The van der Waals surface area contributed by atoms with Crippen molar-refractivity contribution in [2.24, 2.45) is 5.92 Å². The summed E-state index contributed by atoms with van der Waals surface area (Å²) in [5.74, 6) is 0.870. The number of unbranched alkanes of at least 4 members (excludes halogenated alkanes) is 17. The Kier molecular flexibility index (Phi) is 19.2. The zero-order valence-electron chi connectivity index (χ0n) is 21.8. The van der Waals surface area contributed by atoms with E-state index in [9.17, 15) is 0 Å². The topological polar surface area (TPSA) is 8.81 Å². The Labute approximate surface area is 196 Å². The lowest BCUT2D eigenvalue weighted by Crippen LogP contribution is -2.30. The molecule has 0 aliphatic rings. The van der Waals surface area contributed by atoms with Gasteiger partial charge in [0.15, 0.2) is 0 Å². The van der Waals surface area contributed by atoms with Gasteiger partial charge < -0.3 is 0 Å². The molecule has 1 heterocycles. The van der Waals surface area contributed by atoms with E-state index in [-0.39, 0.29) is 0 Å². The van der Waals surface area contributed by atoms with Gasteiger partial charge in [0.1, 0.15) is 12.4 Å². The second kappa shape index (κ2) is 21.1. The van der Waals surface area contributed by atoms with E-state index in [1.54, 1.807) is 0 Å². The van der Waals surface area contributed by atoms with Gasteiger partial charge in [-0.05, 0) is 31.6 Å². The number of aryl methyl sites for hydroxylation is 2. The maximum atomic E-state index is 2.39. The number of hydrogen-bond acceptors (Lipinski definition) is 0. The molecule has 1 aromatic heterocycles. The quantitative estimate of drug-likeness (QED) is 0.120. The minimum Gasteiger partial charge on any atom is -0.237 e. The fourth-order valence-electron chi connectivity index (χ4n) is 4.57. The highest BCUT2D eigenvalue weighted by molar-refractivity contribution is 4.66. The van der Waals surface area contributed by atoms with E-state index in [1.807, 2.05) is 0 Å². The third-order valence-electron chi connectivity index (χ3n) is 6.71. The van der Waals surface area contributed by atoms with Crippen LogP contribution in [0.15, 0.2) is 18.7 Å². The number of hydrogen-bond donors (Lipinski definition) is 0. The molecular formula is C29H57N2+. The molecule has 2 heteroatoms. The molecule has 0 bridgehead atoms. The number of rotatable bonds is 23. The van der Waals surface area contributed by atoms with Gasteiger partial charge in [0.25, 0.3) is 0 Å². The average molecular weight is 434 g/mol. The lowest BCUT2D eigenvalue weighted by atomic mass is 10.0. The van der Waals surface area contributed by atoms with E-state index in [2.05, 4.69) is 48.6 Å². The van der Waals surface area contributed by atoms with Crippen LogP contribution in [0.2, 0.25) is 0 Å². The lowest BCUT2D eigenvalue weighted by Gasteiger charge is -2.03. The van der Waals surface area contributed by atoms with Crippen LogP contribution in [0.25, 0.3) is 0 Å². The van der Waals surface area contributed by atoms with E-state index in [0.717, 1.165) is 5.92 Å². The van der Waals surface area contributed by atoms with E-state index in [4.69, 9.17) is 0 Å². The highest BCUT2D eigenvalue weighted by Crippen LogP contribution is 2.13. The molecule has 0 spiro atoms. The molecule has 182 valence electrons. The maximum Gasteiger partial charge on any atom is 0.243 e. The summed E-state index contributed by atoms with van der Waals surface area (Å²) in [5, 5.41) is 0. The maximum absolute atomic E-state index is 2.39. The third kappa shape index (κ3) is 18.5. The van der Waals surface area contributed by atoms with Crippen molar-refractivity contribution in [3.05, 3.63) is 18.7 Å². The summed E-state index contributed by atoms with van der Waals surface area (Å²) in [6.07, 6.45) is 35.3. The second-order valence-corrected chi connectivity index (χ2v) is 10.4. The van der Waals surface area contributed by atoms with E-state index in [1.165, 1.54) is 142 Å². The number of aromatic nitrogens is 2. The monoisotopic (exact) mass is 433 g/mol. The summed E-state index contributed by atoms with van der Waals surface area (Å²) in [6, 6.07) is 0. The molecule has 0 aromatic carbocycles. The van der Waals surface area contributed by atoms with Crippen molar-refractivity contribution in [2.75, 3.05) is 0 Å². The van der Waals surface area contributed by atoms with Gasteiger partial charge in [-0.1, -0.05) is 124 Å². The third-order valence-corrected chi connectivity index (χ3v) is 6.71. The van der Waals surface area contributed by atoms with Crippen molar-refractivity contribution in [2.45, 2.75) is 162 Å². The fraction of sp³-hybridized carbons (Fsp3) is 0.897. The molecule has 0 saturated carbocycles. The van der Waals surface area contributed by atoms with Crippen molar-refractivity contribution in [3.63, 3.8) is 0 Å². The van der Waals surface area contributed by atoms with E-state index >= 15 is 0 Å². The molecule has 0 amide bonds. The van der Waals surface area contributed by atoms with Gasteiger partial charge in [-0.2, -0.15) is 0 Å². The lowest BCUT2D eigenvalue weighted by molar-refractivity contribution is -0.696. The van der Waals surface area contributed by atoms with Crippen LogP contribution < -0.4 is 4.57 Å². The van der Waals surface area contributed by atoms with Gasteiger partial charge in [0.05, 0.1) is 13.1 Å². The Morgan fingerprint density at radius 2 is 1.10 bits per heavy atom. The van der Waals surface area contributed by atoms with Gasteiger partial charge in [0, 0.05) is 0 Å². The van der Waals surface area contributed by atoms with Crippen LogP contribution in [0.4, 0.5) is 0 Å². The number of imidazole rings is 1. The minimum atomic E-state index is 0.870. The molecule has 0 N–H and O–H groups in total. The van der Waals surface area contributed by atoms with Crippen molar-refractivity contribution in [1.29, 1.82) is 0 Å². The predicted molar refractivity (Wildman–Crippen MR) is 137 cm³/mol. The Morgan fingerprint density at radius 1 is 0.613 bits per heavy atom. The molecule has 1 aromatic rings. The smallest absolute Gasteiger partial charge is 0.237 e. The Balaban J connectivity index is 1.85. The average Bonchev–Trinajstić information content (AvgIpc) is 3.20. The molecule has 0 fully saturated rings. The summed E-state index contributed by atoms with van der Waals surface area (Å²) in [4.78, 5) is 0. The molecule has 0 unspecified atom stereocenters. The first-order chi connectivity index (χ1) is 15.2. The van der Waals surface area contributed by atoms with Crippen LogP contribution in [-0.2, 0) is 13.1 Å². The van der Waals surface area contributed by atoms with Gasteiger partial charge >= 0.3 is 0 Å². The molecular weight excluding hydrogens is 376 g/mol. The van der Waals surface area contributed by atoms with Crippen LogP contribution in [0.5, 0.6) is 0 Å². The number of nitrogens with zero attached hydrogens (tertiary/aromatic N) is 2. The van der Waals surface area contributed by atoms with Crippen LogP contribution >= 0.6 is 0 Å². The van der Waals surface area contributed by atoms with Gasteiger partial charge in [-0.25, -0.2) is 9.13 Å². The Morgan fingerprint density at radius 3 is 1.65 bits per heavy atom. The summed E-state index contributed by atoms with van der Waals surface area (Å²) >= 11 is 0. The van der Waals surface area contributed by atoms with Gasteiger partial charge in [-0.3, -0.25) is 0 Å². The van der Waals surface area contributed by atoms with Crippen LogP contribution in [-0.4, -0.2) is 4.57 Å². The Bertz CT molecular complexity index is 477. The second-order valence-electron chi connectivity index (χ2n) is 10.4. The van der Waals surface area contributed by atoms with Gasteiger partial charge in [-0.15, -0.1) is 0 Å². The standard InChI is InChI=1S/C29H57N2/c1-4-5-6-7-8-9-10-11-12-13-14-15-18-21-24-30-26-27-31(28-30)25-22-19-16-17-20-23-29(2)3/h26-29H,4-25H2,1-3H3/q+1. The molecule has 1 rings (SSSR count). The SMILES string of the molecule is CCCCCCCCCCCCCCCCn1cc[n+](CCCCCCCC(C)C)c1. The highest BCUT2D eigenvalue weighted by Gasteiger charge is 2.03. The zero-order chi connectivity index (χ0) is 22.4. The summed E-state index contributed by atoms with van der Waals surface area (Å²) in [5.41, 5.74) is 0. The molecule has 2 nitrogen and oxygen atoms in total. The normalized spacial score (nSPS) is 11.6.